The summed E-state index contributed by atoms with van der Waals surface area (Å²) < 4.78 is 1.89. The van der Waals surface area contributed by atoms with Crippen LogP contribution < -0.4 is 0 Å². The van der Waals surface area contributed by atoms with Crippen molar-refractivity contribution < 1.29 is 9.90 Å². The number of thiophene rings is 1. The van der Waals surface area contributed by atoms with Crippen LogP contribution in [0.25, 0.3) is 11.0 Å². The number of imidazole rings is 1. The van der Waals surface area contributed by atoms with Crippen molar-refractivity contribution in [3.8, 4) is 0 Å². The molecule has 1 N–H and O–H groups in total. The van der Waals surface area contributed by atoms with E-state index in [1.165, 1.54) is 4.88 Å². The van der Waals surface area contributed by atoms with Gasteiger partial charge in [-0.15, -0.1) is 11.3 Å². The molecule has 0 amide bonds. The number of hydrogen-bond donors (Lipinski definition) is 1. The molecule has 5 heteroatoms. The van der Waals surface area contributed by atoms with Gasteiger partial charge in [0.2, 0.25) is 0 Å². The van der Waals surface area contributed by atoms with Gasteiger partial charge in [0.05, 0.1) is 11.0 Å². The molecule has 3 aromatic rings. The topological polar surface area (TPSA) is 55.1 Å². The Bertz CT molecular complexity index is 790. The average Bonchev–Trinajstić information content (AvgIpc) is 3.08. The summed E-state index contributed by atoms with van der Waals surface area (Å²) in [5.74, 6) is -0.0208. The molecular weight excluding hydrogens is 296 g/mol. The molecule has 0 saturated carbocycles. The zero-order valence-electron chi connectivity index (χ0n) is 12.6. The van der Waals surface area contributed by atoms with Crippen LogP contribution >= 0.6 is 11.3 Å². The van der Waals surface area contributed by atoms with E-state index in [-0.39, 0.29) is 5.92 Å². The zero-order chi connectivity index (χ0) is 15.7. The standard InChI is InChI=1S/C17H18N2O2S/c1-11(2)16(17(20)21)19-14-8-4-3-7-13(14)18-15(19)10-12-6-5-9-22-12/h3-9,11,16H,10H2,1-2H3,(H,20,21). The molecule has 2 heterocycles. The minimum Gasteiger partial charge on any atom is -0.480 e. The third kappa shape index (κ3) is 2.64. The number of hydrogen-bond acceptors (Lipinski definition) is 3. The summed E-state index contributed by atoms with van der Waals surface area (Å²) >= 11 is 1.66. The number of nitrogens with zero attached hydrogens (tertiary/aromatic N) is 2. The van der Waals surface area contributed by atoms with E-state index in [9.17, 15) is 9.90 Å². The highest BCUT2D eigenvalue weighted by Crippen LogP contribution is 2.28. The van der Waals surface area contributed by atoms with E-state index in [4.69, 9.17) is 0 Å². The van der Waals surface area contributed by atoms with E-state index in [2.05, 4.69) is 11.1 Å². The van der Waals surface area contributed by atoms with Crippen molar-refractivity contribution in [2.45, 2.75) is 26.3 Å². The molecule has 1 unspecified atom stereocenters. The summed E-state index contributed by atoms with van der Waals surface area (Å²) in [4.78, 5) is 17.7. The highest BCUT2D eigenvalue weighted by atomic mass is 32.1. The number of para-hydroxylation sites is 2. The van der Waals surface area contributed by atoms with Crippen molar-refractivity contribution in [2.75, 3.05) is 0 Å². The van der Waals surface area contributed by atoms with E-state index < -0.39 is 12.0 Å². The van der Waals surface area contributed by atoms with Crippen LogP contribution in [0.5, 0.6) is 0 Å². The molecule has 0 aliphatic rings. The number of rotatable bonds is 5. The van der Waals surface area contributed by atoms with Crippen molar-refractivity contribution in [1.82, 2.24) is 9.55 Å². The Hall–Kier alpha value is -2.14. The van der Waals surface area contributed by atoms with Crippen molar-refractivity contribution >= 4 is 28.3 Å². The van der Waals surface area contributed by atoms with Crippen LogP contribution in [0, 0.1) is 5.92 Å². The van der Waals surface area contributed by atoms with E-state index in [0.717, 1.165) is 16.9 Å². The van der Waals surface area contributed by atoms with Crippen LogP contribution in [-0.2, 0) is 11.2 Å². The Morgan fingerprint density at radius 2 is 2.05 bits per heavy atom. The van der Waals surface area contributed by atoms with E-state index in [0.29, 0.717) is 6.42 Å². The van der Waals surface area contributed by atoms with E-state index in [1.807, 2.05) is 54.1 Å². The fourth-order valence-corrected chi connectivity index (χ4v) is 3.49. The predicted octanol–water partition coefficient (Wildman–Crippen LogP) is 3.97. The smallest absolute Gasteiger partial charge is 0.327 e. The fourth-order valence-electron chi connectivity index (χ4n) is 2.79. The third-order valence-corrected chi connectivity index (χ3v) is 4.62. The van der Waals surface area contributed by atoms with Crippen LogP contribution in [0.4, 0.5) is 0 Å². The monoisotopic (exact) mass is 314 g/mol. The van der Waals surface area contributed by atoms with Crippen LogP contribution in [-0.4, -0.2) is 20.6 Å². The molecule has 1 atom stereocenters. The zero-order valence-corrected chi connectivity index (χ0v) is 13.4. The molecule has 0 bridgehead atoms. The number of aromatic nitrogens is 2. The minimum absolute atomic E-state index is 0.0165. The van der Waals surface area contributed by atoms with Crippen molar-refractivity contribution in [3.05, 3.63) is 52.5 Å². The SMILES string of the molecule is CC(C)C(C(=O)O)n1c(Cc2cccs2)nc2ccccc21. The maximum absolute atomic E-state index is 11.8. The largest absolute Gasteiger partial charge is 0.480 e. The van der Waals surface area contributed by atoms with Gasteiger partial charge in [-0.1, -0.05) is 32.0 Å². The van der Waals surface area contributed by atoms with Gasteiger partial charge in [0.25, 0.3) is 0 Å². The molecule has 0 fully saturated rings. The summed E-state index contributed by atoms with van der Waals surface area (Å²) in [6.07, 6.45) is 0.656. The van der Waals surface area contributed by atoms with Gasteiger partial charge in [-0.3, -0.25) is 0 Å². The van der Waals surface area contributed by atoms with Gasteiger partial charge in [0.1, 0.15) is 11.9 Å². The maximum atomic E-state index is 11.8. The summed E-state index contributed by atoms with van der Waals surface area (Å²) in [7, 11) is 0. The van der Waals surface area contributed by atoms with E-state index >= 15 is 0 Å². The number of aliphatic carboxylic acids is 1. The van der Waals surface area contributed by atoms with E-state index in [1.54, 1.807) is 11.3 Å². The Balaban J connectivity index is 2.18. The predicted molar refractivity (Wildman–Crippen MR) is 88.4 cm³/mol. The summed E-state index contributed by atoms with van der Waals surface area (Å²) in [6, 6.07) is 11.2. The van der Waals surface area contributed by atoms with Gasteiger partial charge >= 0.3 is 5.97 Å². The van der Waals surface area contributed by atoms with Crippen LogP contribution in [0.15, 0.2) is 41.8 Å². The number of carboxylic acids is 1. The third-order valence-electron chi connectivity index (χ3n) is 3.74. The molecule has 0 spiro atoms. The highest BCUT2D eigenvalue weighted by molar-refractivity contribution is 7.09. The molecule has 114 valence electrons. The van der Waals surface area contributed by atoms with Gasteiger partial charge in [-0.2, -0.15) is 0 Å². The van der Waals surface area contributed by atoms with Gasteiger partial charge in [-0.25, -0.2) is 9.78 Å². The van der Waals surface area contributed by atoms with Gasteiger partial charge in [0.15, 0.2) is 0 Å². The minimum atomic E-state index is -0.814. The molecule has 4 nitrogen and oxygen atoms in total. The summed E-state index contributed by atoms with van der Waals surface area (Å²) in [5, 5.41) is 11.7. The van der Waals surface area contributed by atoms with Gasteiger partial charge in [0, 0.05) is 11.3 Å². The molecule has 2 aromatic heterocycles. The van der Waals surface area contributed by atoms with Crippen LogP contribution in [0.3, 0.4) is 0 Å². The van der Waals surface area contributed by atoms with Crippen LogP contribution in [0.2, 0.25) is 0 Å². The Morgan fingerprint density at radius 1 is 1.27 bits per heavy atom. The molecule has 0 aliphatic heterocycles. The quantitative estimate of drug-likeness (QED) is 0.775. The maximum Gasteiger partial charge on any atom is 0.327 e. The van der Waals surface area contributed by atoms with Crippen molar-refractivity contribution in [1.29, 1.82) is 0 Å². The summed E-state index contributed by atoms with van der Waals surface area (Å²) in [5.41, 5.74) is 1.73. The second-order valence-corrected chi connectivity index (χ2v) is 6.70. The number of carbonyl (C=O) groups is 1. The number of benzene rings is 1. The second kappa shape index (κ2) is 5.93. The highest BCUT2D eigenvalue weighted by Gasteiger charge is 2.28. The number of fused-ring (bicyclic) bond motifs is 1. The average molecular weight is 314 g/mol. The molecular formula is C17H18N2O2S. The molecule has 3 rings (SSSR count). The summed E-state index contributed by atoms with van der Waals surface area (Å²) in [6.45, 7) is 3.87. The fraction of sp³-hybridized carbons (Fsp3) is 0.294. The first-order chi connectivity index (χ1) is 10.6. The second-order valence-electron chi connectivity index (χ2n) is 5.67. The molecule has 0 radical (unpaired) electrons. The lowest BCUT2D eigenvalue weighted by atomic mass is 10.0. The molecule has 0 aliphatic carbocycles. The van der Waals surface area contributed by atoms with Gasteiger partial charge < -0.3 is 9.67 Å². The molecule has 0 saturated heterocycles. The lowest BCUT2D eigenvalue weighted by Gasteiger charge is -2.21. The first-order valence-electron chi connectivity index (χ1n) is 7.29. The van der Waals surface area contributed by atoms with Crippen molar-refractivity contribution in [3.63, 3.8) is 0 Å². The first-order valence-corrected chi connectivity index (χ1v) is 8.17. The number of carboxylic acid groups (broad SMARTS) is 1. The molecule has 22 heavy (non-hydrogen) atoms. The Labute approximate surface area is 133 Å². The normalized spacial score (nSPS) is 12.9. The lowest BCUT2D eigenvalue weighted by Crippen LogP contribution is -2.25. The molecule has 1 aromatic carbocycles. The van der Waals surface area contributed by atoms with Crippen LogP contribution in [0.1, 0.15) is 30.6 Å². The Kier molecular flexibility index (Phi) is 3.98. The van der Waals surface area contributed by atoms with Crippen molar-refractivity contribution in [2.24, 2.45) is 5.92 Å². The first kappa shape index (κ1) is 14.8. The van der Waals surface area contributed by atoms with Gasteiger partial charge in [-0.05, 0) is 29.5 Å². The lowest BCUT2D eigenvalue weighted by molar-refractivity contribution is -0.142. The Morgan fingerprint density at radius 3 is 2.68 bits per heavy atom.